The van der Waals surface area contributed by atoms with Crippen LogP contribution in [0.25, 0.3) is 10.2 Å². The number of benzene rings is 2. The van der Waals surface area contributed by atoms with Gasteiger partial charge in [-0.3, -0.25) is 4.79 Å². The molecule has 3 rings (SSSR count). The fraction of sp³-hybridized carbons (Fsp3) is 0.125. The van der Waals surface area contributed by atoms with Gasteiger partial charge in [-0.25, -0.2) is 4.98 Å². The molecule has 0 saturated carbocycles. The summed E-state index contributed by atoms with van der Waals surface area (Å²) >= 11 is 1.50. The quantitative estimate of drug-likeness (QED) is 0.778. The van der Waals surface area contributed by atoms with Crippen molar-refractivity contribution in [2.45, 2.75) is 6.04 Å². The van der Waals surface area contributed by atoms with E-state index in [1.54, 1.807) is 11.6 Å². The Morgan fingerprint density at radius 1 is 1.24 bits per heavy atom. The third kappa shape index (κ3) is 2.94. The molecule has 0 radical (unpaired) electrons. The Bertz CT molecular complexity index is 755. The number of fused-ring (bicyclic) bond motifs is 1. The Hall–Kier alpha value is -2.24. The van der Waals surface area contributed by atoms with Gasteiger partial charge in [0.25, 0.3) is 5.91 Å². The zero-order valence-electron chi connectivity index (χ0n) is 11.2. The Morgan fingerprint density at radius 2 is 2.05 bits per heavy atom. The van der Waals surface area contributed by atoms with Gasteiger partial charge in [0.2, 0.25) is 0 Å². The highest BCUT2D eigenvalue weighted by atomic mass is 32.1. The molecule has 2 aromatic carbocycles. The zero-order valence-corrected chi connectivity index (χ0v) is 12.0. The van der Waals surface area contributed by atoms with Crippen LogP contribution in [-0.4, -0.2) is 22.6 Å². The topological polar surface area (TPSA) is 62.2 Å². The maximum Gasteiger partial charge on any atom is 0.251 e. The zero-order chi connectivity index (χ0) is 14.7. The van der Waals surface area contributed by atoms with Crippen LogP contribution in [0.2, 0.25) is 0 Å². The van der Waals surface area contributed by atoms with Gasteiger partial charge in [0.1, 0.15) is 0 Å². The molecule has 0 aliphatic carbocycles. The van der Waals surface area contributed by atoms with Crippen LogP contribution in [0.5, 0.6) is 0 Å². The highest BCUT2D eigenvalue weighted by Gasteiger charge is 2.15. The molecule has 0 aliphatic rings. The number of aliphatic hydroxyl groups excluding tert-OH is 1. The summed E-state index contributed by atoms with van der Waals surface area (Å²) in [6.45, 7) is -0.140. The third-order valence-corrected chi connectivity index (χ3v) is 4.08. The molecule has 0 saturated heterocycles. The number of nitrogens with zero attached hydrogens (tertiary/aromatic N) is 1. The predicted octanol–water partition coefficient (Wildman–Crippen LogP) is 2.76. The van der Waals surface area contributed by atoms with Gasteiger partial charge in [0.05, 0.1) is 28.4 Å². The molecule has 1 amide bonds. The lowest BCUT2D eigenvalue weighted by Gasteiger charge is -2.16. The summed E-state index contributed by atoms with van der Waals surface area (Å²) in [5.41, 5.74) is 4.10. The summed E-state index contributed by atoms with van der Waals surface area (Å²) in [5.74, 6) is -0.201. The van der Waals surface area contributed by atoms with Crippen molar-refractivity contribution in [3.63, 3.8) is 0 Å². The molecule has 2 N–H and O–H groups in total. The lowest BCUT2D eigenvalue weighted by Crippen LogP contribution is -2.30. The molecule has 0 fully saturated rings. The molecule has 1 aromatic heterocycles. The summed E-state index contributed by atoms with van der Waals surface area (Å²) in [4.78, 5) is 16.5. The molecular weight excluding hydrogens is 284 g/mol. The number of amides is 1. The number of rotatable bonds is 4. The van der Waals surface area contributed by atoms with E-state index in [1.165, 1.54) is 11.3 Å². The number of carbonyl (C=O) groups is 1. The summed E-state index contributed by atoms with van der Waals surface area (Å²) in [7, 11) is 0. The van der Waals surface area contributed by atoms with Crippen molar-refractivity contribution in [1.29, 1.82) is 0 Å². The first-order chi connectivity index (χ1) is 10.3. The monoisotopic (exact) mass is 298 g/mol. The molecule has 0 spiro atoms. The first-order valence-corrected chi connectivity index (χ1v) is 7.46. The van der Waals surface area contributed by atoms with Crippen LogP contribution in [0.15, 0.2) is 54.0 Å². The highest BCUT2D eigenvalue weighted by Crippen LogP contribution is 2.20. The first kappa shape index (κ1) is 13.7. The van der Waals surface area contributed by atoms with E-state index in [0.717, 1.165) is 15.8 Å². The van der Waals surface area contributed by atoms with E-state index in [-0.39, 0.29) is 12.5 Å². The highest BCUT2D eigenvalue weighted by molar-refractivity contribution is 7.16. The number of hydrogen-bond donors (Lipinski definition) is 2. The molecule has 4 nitrogen and oxygen atoms in total. The van der Waals surface area contributed by atoms with Crippen LogP contribution in [-0.2, 0) is 0 Å². The van der Waals surface area contributed by atoms with Crippen LogP contribution in [0, 0.1) is 0 Å². The predicted molar refractivity (Wildman–Crippen MR) is 83.4 cm³/mol. The minimum Gasteiger partial charge on any atom is -0.394 e. The summed E-state index contributed by atoms with van der Waals surface area (Å²) in [6.07, 6.45) is 0. The van der Waals surface area contributed by atoms with Crippen molar-refractivity contribution in [2.75, 3.05) is 6.61 Å². The number of carbonyl (C=O) groups excluding carboxylic acids is 1. The maximum atomic E-state index is 12.3. The minimum absolute atomic E-state index is 0.140. The van der Waals surface area contributed by atoms with E-state index < -0.39 is 6.04 Å². The lowest BCUT2D eigenvalue weighted by molar-refractivity contribution is 0.0916. The number of nitrogens with one attached hydrogen (secondary N) is 1. The van der Waals surface area contributed by atoms with Crippen molar-refractivity contribution in [2.24, 2.45) is 0 Å². The van der Waals surface area contributed by atoms with Crippen molar-refractivity contribution in [1.82, 2.24) is 10.3 Å². The molecule has 0 unspecified atom stereocenters. The Balaban J connectivity index is 1.81. The van der Waals surface area contributed by atoms with Crippen LogP contribution >= 0.6 is 11.3 Å². The van der Waals surface area contributed by atoms with Crippen molar-refractivity contribution in [3.05, 3.63) is 65.2 Å². The molecule has 1 atom stereocenters. The lowest BCUT2D eigenvalue weighted by atomic mass is 10.1. The van der Waals surface area contributed by atoms with Crippen molar-refractivity contribution in [3.8, 4) is 0 Å². The molecule has 5 heteroatoms. The third-order valence-electron chi connectivity index (χ3n) is 3.28. The van der Waals surface area contributed by atoms with Gasteiger partial charge in [0.15, 0.2) is 0 Å². The number of aliphatic hydroxyl groups is 1. The van der Waals surface area contributed by atoms with Crippen LogP contribution in [0.3, 0.4) is 0 Å². The molecule has 0 bridgehead atoms. The van der Waals surface area contributed by atoms with Gasteiger partial charge in [-0.15, -0.1) is 11.3 Å². The normalized spacial score (nSPS) is 12.2. The number of hydrogen-bond acceptors (Lipinski definition) is 4. The van der Waals surface area contributed by atoms with Crippen LogP contribution in [0.1, 0.15) is 22.0 Å². The fourth-order valence-electron chi connectivity index (χ4n) is 2.16. The molecule has 0 aliphatic heterocycles. The maximum absolute atomic E-state index is 12.3. The first-order valence-electron chi connectivity index (χ1n) is 6.58. The average Bonchev–Trinajstić information content (AvgIpc) is 3.00. The standard InChI is InChI=1S/C16H14N2O2S/c19-9-14(11-4-2-1-3-5-11)18-16(20)12-6-7-13-15(8-12)21-10-17-13/h1-8,10,14,19H,9H2,(H,18,20)/t14-/m1/s1. The second kappa shape index (κ2) is 6.03. The van der Waals surface area contributed by atoms with Gasteiger partial charge in [0, 0.05) is 5.56 Å². The smallest absolute Gasteiger partial charge is 0.251 e. The van der Waals surface area contributed by atoms with E-state index >= 15 is 0 Å². The SMILES string of the molecule is O=C(N[C@H](CO)c1ccccc1)c1ccc2ncsc2c1. The van der Waals surface area contributed by atoms with E-state index in [9.17, 15) is 9.90 Å². The molecular formula is C16H14N2O2S. The summed E-state index contributed by atoms with van der Waals surface area (Å²) in [6, 6.07) is 14.4. The van der Waals surface area contributed by atoms with Crippen molar-refractivity contribution < 1.29 is 9.90 Å². The van der Waals surface area contributed by atoms with Crippen LogP contribution in [0.4, 0.5) is 0 Å². The van der Waals surface area contributed by atoms with Gasteiger partial charge in [-0.1, -0.05) is 30.3 Å². The second-order valence-corrected chi connectivity index (χ2v) is 5.54. The molecule has 3 aromatic rings. The fourth-order valence-corrected chi connectivity index (χ4v) is 2.87. The molecule has 106 valence electrons. The minimum atomic E-state index is -0.407. The largest absolute Gasteiger partial charge is 0.394 e. The number of aromatic nitrogens is 1. The molecule has 1 heterocycles. The van der Waals surface area contributed by atoms with Gasteiger partial charge < -0.3 is 10.4 Å². The van der Waals surface area contributed by atoms with Crippen molar-refractivity contribution >= 4 is 27.5 Å². The van der Waals surface area contributed by atoms with E-state index in [0.29, 0.717) is 5.56 Å². The summed E-state index contributed by atoms with van der Waals surface area (Å²) < 4.78 is 0.975. The Morgan fingerprint density at radius 3 is 2.81 bits per heavy atom. The Kier molecular flexibility index (Phi) is 3.94. The van der Waals surface area contributed by atoms with Gasteiger partial charge >= 0.3 is 0 Å². The van der Waals surface area contributed by atoms with E-state index in [1.807, 2.05) is 42.5 Å². The number of thiazole rings is 1. The van der Waals surface area contributed by atoms with E-state index in [4.69, 9.17) is 0 Å². The van der Waals surface area contributed by atoms with Crippen LogP contribution < -0.4 is 5.32 Å². The van der Waals surface area contributed by atoms with E-state index in [2.05, 4.69) is 10.3 Å². The van der Waals surface area contributed by atoms with Gasteiger partial charge in [-0.05, 0) is 23.8 Å². The molecule has 21 heavy (non-hydrogen) atoms. The summed E-state index contributed by atoms with van der Waals surface area (Å²) in [5, 5.41) is 12.3. The average molecular weight is 298 g/mol. The van der Waals surface area contributed by atoms with Gasteiger partial charge in [-0.2, -0.15) is 0 Å². The second-order valence-electron chi connectivity index (χ2n) is 4.65. The Labute approximate surface area is 126 Å².